The predicted molar refractivity (Wildman–Crippen MR) is 85.9 cm³/mol. The van der Waals surface area contributed by atoms with Gasteiger partial charge in [0.25, 0.3) is 0 Å². The summed E-state index contributed by atoms with van der Waals surface area (Å²) in [5.74, 6) is 0.343. The van der Waals surface area contributed by atoms with Crippen molar-refractivity contribution in [1.82, 2.24) is 19.7 Å². The van der Waals surface area contributed by atoms with Gasteiger partial charge < -0.3 is 9.30 Å². The molecular formula is C15H16N4O2S. The number of hydrogen-bond donors (Lipinski definition) is 0. The van der Waals surface area contributed by atoms with Crippen molar-refractivity contribution < 1.29 is 9.53 Å². The molecule has 0 N–H and O–H groups in total. The maximum Gasteiger partial charge on any atom is 0.306 e. The minimum absolute atomic E-state index is 0.232. The lowest BCUT2D eigenvalue weighted by atomic mass is 10.2. The Labute approximate surface area is 131 Å². The van der Waals surface area contributed by atoms with E-state index in [0.717, 1.165) is 28.6 Å². The Kier molecular flexibility index (Phi) is 4.24. The van der Waals surface area contributed by atoms with E-state index in [9.17, 15) is 4.79 Å². The van der Waals surface area contributed by atoms with Crippen molar-refractivity contribution in [1.29, 1.82) is 0 Å². The Bertz CT molecular complexity index is 831. The Hall–Kier alpha value is -2.15. The largest absolute Gasteiger partial charge is 0.469 e. The molecule has 6 nitrogen and oxygen atoms in total. The third-order valence-electron chi connectivity index (χ3n) is 3.44. The number of aryl methyl sites for hydroxylation is 1. The van der Waals surface area contributed by atoms with E-state index >= 15 is 0 Å². The average molecular weight is 316 g/mol. The summed E-state index contributed by atoms with van der Waals surface area (Å²) in [6.45, 7) is 2.90. The number of esters is 1. The fraction of sp³-hybridized carbons (Fsp3) is 0.333. The molecular weight excluding hydrogens is 300 g/mol. The molecule has 2 heterocycles. The molecule has 0 saturated heterocycles. The Balaban J connectivity index is 1.95. The van der Waals surface area contributed by atoms with E-state index in [2.05, 4.69) is 37.5 Å². The molecule has 0 amide bonds. The van der Waals surface area contributed by atoms with Gasteiger partial charge in [0.15, 0.2) is 5.65 Å². The number of fused-ring (bicyclic) bond motifs is 3. The molecule has 2 aromatic heterocycles. The van der Waals surface area contributed by atoms with Crippen LogP contribution in [0.4, 0.5) is 0 Å². The zero-order valence-electron chi connectivity index (χ0n) is 12.4. The van der Waals surface area contributed by atoms with Gasteiger partial charge in [0, 0.05) is 17.7 Å². The molecule has 0 bridgehead atoms. The van der Waals surface area contributed by atoms with Crippen LogP contribution in [0, 0.1) is 0 Å². The summed E-state index contributed by atoms with van der Waals surface area (Å²) < 4.78 is 6.75. The number of nitrogens with zero attached hydrogens (tertiary/aromatic N) is 4. The van der Waals surface area contributed by atoms with Crippen LogP contribution in [0.2, 0.25) is 0 Å². The van der Waals surface area contributed by atoms with Crippen LogP contribution >= 0.6 is 11.8 Å². The molecule has 1 aromatic carbocycles. The molecule has 3 aromatic rings. The molecule has 0 aliphatic rings. The molecule has 7 heteroatoms. The van der Waals surface area contributed by atoms with Crippen LogP contribution in [0.3, 0.4) is 0 Å². The van der Waals surface area contributed by atoms with Gasteiger partial charge in [-0.3, -0.25) is 4.79 Å². The zero-order valence-corrected chi connectivity index (χ0v) is 13.3. The van der Waals surface area contributed by atoms with E-state index < -0.39 is 0 Å². The number of ether oxygens (including phenoxy) is 1. The van der Waals surface area contributed by atoms with Crippen molar-refractivity contribution in [3.8, 4) is 0 Å². The van der Waals surface area contributed by atoms with E-state index in [0.29, 0.717) is 17.3 Å². The normalized spacial score (nSPS) is 11.2. The molecule has 0 aliphatic heterocycles. The first kappa shape index (κ1) is 14.8. The first-order chi connectivity index (χ1) is 10.7. The Morgan fingerprint density at radius 3 is 2.91 bits per heavy atom. The lowest BCUT2D eigenvalue weighted by Crippen LogP contribution is -2.02. The first-order valence-electron chi connectivity index (χ1n) is 7.06. The fourth-order valence-electron chi connectivity index (χ4n) is 2.40. The summed E-state index contributed by atoms with van der Waals surface area (Å²) in [4.78, 5) is 15.7. The fourth-order valence-corrected chi connectivity index (χ4v) is 3.10. The van der Waals surface area contributed by atoms with Gasteiger partial charge >= 0.3 is 5.97 Å². The van der Waals surface area contributed by atoms with Crippen LogP contribution in [-0.4, -0.2) is 38.6 Å². The van der Waals surface area contributed by atoms with Crippen molar-refractivity contribution >= 4 is 39.8 Å². The van der Waals surface area contributed by atoms with Crippen molar-refractivity contribution in [2.75, 3.05) is 12.9 Å². The molecule has 0 saturated carbocycles. The van der Waals surface area contributed by atoms with Crippen LogP contribution in [0.15, 0.2) is 29.4 Å². The zero-order chi connectivity index (χ0) is 15.5. The second-order valence-electron chi connectivity index (χ2n) is 4.70. The molecule has 0 fully saturated rings. The van der Waals surface area contributed by atoms with Crippen molar-refractivity contribution in [2.45, 2.75) is 25.0 Å². The molecule has 114 valence electrons. The van der Waals surface area contributed by atoms with Gasteiger partial charge in [-0.2, -0.15) is 0 Å². The predicted octanol–water partition coefficient (Wildman–Crippen LogP) is 2.65. The maximum absolute atomic E-state index is 11.1. The van der Waals surface area contributed by atoms with Crippen LogP contribution in [-0.2, 0) is 16.1 Å². The number of benzene rings is 1. The number of methoxy groups -OCH3 is 1. The van der Waals surface area contributed by atoms with Gasteiger partial charge in [-0.15, -0.1) is 10.2 Å². The monoisotopic (exact) mass is 316 g/mol. The Morgan fingerprint density at radius 1 is 1.32 bits per heavy atom. The summed E-state index contributed by atoms with van der Waals surface area (Å²) in [5.41, 5.74) is 2.76. The SMILES string of the molecule is CCn1c2ccccc2c2nnc(SCCC(=O)OC)nc21. The third kappa shape index (κ3) is 2.64. The smallest absolute Gasteiger partial charge is 0.306 e. The molecule has 0 aliphatic carbocycles. The van der Waals surface area contributed by atoms with Gasteiger partial charge in [0.05, 0.1) is 19.0 Å². The van der Waals surface area contributed by atoms with Crippen LogP contribution in [0.5, 0.6) is 0 Å². The number of para-hydroxylation sites is 1. The molecule has 0 atom stereocenters. The quantitative estimate of drug-likeness (QED) is 0.532. The van der Waals surface area contributed by atoms with Crippen LogP contribution in [0.1, 0.15) is 13.3 Å². The molecule has 0 unspecified atom stereocenters. The molecule has 3 rings (SSSR count). The molecule has 22 heavy (non-hydrogen) atoms. The summed E-state index contributed by atoms with van der Waals surface area (Å²) in [7, 11) is 1.39. The number of rotatable bonds is 5. The van der Waals surface area contributed by atoms with Gasteiger partial charge in [0.1, 0.15) is 5.52 Å². The summed E-state index contributed by atoms with van der Waals surface area (Å²) in [6.07, 6.45) is 0.333. The van der Waals surface area contributed by atoms with Crippen molar-refractivity contribution in [3.63, 3.8) is 0 Å². The summed E-state index contributed by atoms with van der Waals surface area (Å²) in [6, 6.07) is 8.09. The highest BCUT2D eigenvalue weighted by Crippen LogP contribution is 2.27. The number of aromatic nitrogens is 4. The first-order valence-corrected chi connectivity index (χ1v) is 8.04. The highest BCUT2D eigenvalue weighted by molar-refractivity contribution is 7.99. The summed E-state index contributed by atoms with van der Waals surface area (Å²) >= 11 is 1.41. The van der Waals surface area contributed by atoms with Crippen LogP contribution in [0.25, 0.3) is 22.1 Å². The Morgan fingerprint density at radius 2 is 2.14 bits per heavy atom. The standard InChI is InChI=1S/C15H16N4O2S/c1-3-19-11-7-5-4-6-10(11)13-14(19)16-15(18-17-13)22-9-8-12(20)21-2/h4-7H,3,8-9H2,1-2H3. The average Bonchev–Trinajstić information content (AvgIpc) is 2.87. The number of carbonyl (C=O) groups excluding carboxylic acids is 1. The molecule has 0 radical (unpaired) electrons. The highest BCUT2D eigenvalue weighted by Gasteiger charge is 2.13. The lowest BCUT2D eigenvalue weighted by molar-refractivity contribution is -0.140. The lowest BCUT2D eigenvalue weighted by Gasteiger charge is -2.02. The minimum atomic E-state index is -0.232. The second kappa shape index (κ2) is 6.31. The maximum atomic E-state index is 11.1. The number of hydrogen-bond acceptors (Lipinski definition) is 6. The van der Waals surface area contributed by atoms with E-state index in [1.54, 1.807) is 0 Å². The van der Waals surface area contributed by atoms with E-state index in [4.69, 9.17) is 0 Å². The molecule has 0 spiro atoms. The summed E-state index contributed by atoms with van der Waals surface area (Å²) in [5, 5.41) is 10.1. The second-order valence-corrected chi connectivity index (χ2v) is 5.76. The van der Waals surface area contributed by atoms with E-state index in [1.807, 2.05) is 18.2 Å². The minimum Gasteiger partial charge on any atom is -0.469 e. The topological polar surface area (TPSA) is 69.9 Å². The van der Waals surface area contributed by atoms with Gasteiger partial charge in [-0.1, -0.05) is 30.0 Å². The van der Waals surface area contributed by atoms with E-state index in [1.165, 1.54) is 18.9 Å². The van der Waals surface area contributed by atoms with Crippen LogP contribution < -0.4 is 0 Å². The van der Waals surface area contributed by atoms with Gasteiger partial charge in [-0.25, -0.2) is 4.98 Å². The highest BCUT2D eigenvalue weighted by atomic mass is 32.2. The van der Waals surface area contributed by atoms with Crippen molar-refractivity contribution in [3.05, 3.63) is 24.3 Å². The number of carbonyl (C=O) groups is 1. The van der Waals surface area contributed by atoms with Gasteiger partial charge in [-0.05, 0) is 13.0 Å². The number of thioether (sulfide) groups is 1. The third-order valence-corrected chi connectivity index (χ3v) is 4.28. The van der Waals surface area contributed by atoms with Crippen molar-refractivity contribution in [2.24, 2.45) is 0 Å². The van der Waals surface area contributed by atoms with E-state index in [-0.39, 0.29) is 5.97 Å². The van der Waals surface area contributed by atoms with Gasteiger partial charge in [0.2, 0.25) is 5.16 Å².